The summed E-state index contributed by atoms with van der Waals surface area (Å²) in [4.78, 5) is 12.2. The van der Waals surface area contributed by atoms with E-state index < -0.39 is 46.3 Å². The normalized spacial score (nSPS) is 12.8. The lowest BCUT2D eigenvalue weighted by atomic mass is 10.1. The van der Waals surface area contributed by atoms with E-state index in [0.29, 0.717) is 17.2 Å². The largest absolute Gasteiger partial charge is 0.479 e. The highest BCUT2D eigenvalue weighted by Crippen LogP contribution is 2.37. The molecule has 2 aromatic carbocycles. The van der Waals surface area contributed by atoms with Crippen LogP contribution in [0, 0.1) is 0 Å². The van der Waals surface area contributed by atoms with Crippen molar-refractivity contribution >= 4 is 52.1 Å². The highest BCUT2D eigenvalue weighted by molar-refractivity contribution is 7.80. The van der Waals surface area contributed by atoms with E-state index in [0.717, 1.165) is 0 Å². The third-order valence-corrected chi connectivity index (χ3v) is 4.38. The Morgan fingerprint density at radius 1 is 1.00 bits per heavy atom. The number of carbonyl (C=O) groups excluding carboxylic acids is 1. The number of hydrogen-bond donors (Lipinski definition) is 2. The maximum Gasteiger partial charge on any atom is 0.416 e. The van der Waals surface area contributed by atoms with E-state index in [9.17, 15) is 31.1 Å². The first kappa shape index (κ1) is 25.0. The Balaban J connectivity index is 2.11. The molecule has 0 radical (unpaired) electrons. The van der Waals surface area contributed by atoms with Gasteiger partial charge >= 0.3 is 12.4 Å². The topological polar surface area (TPSA) is 50.4 Å². The van der Waals surface area contributed by atoms with Gasteiger partial charge in [-0.15, -0.1) is 0 Å². The van der Waals surface area contributed by atoms with E-state index in [1.807, 2.05) is 0 Å². The molecule has 4 nitrogen and oxygen atoms in total. The van der Waals surface area contributed by atoms with Gasteiger partial charge in [-0.2, -0.15) is 26.3 Å². The SMILES string of the molecule is CC(Oc1ccc(Cl)cc1Cl)C(=O)NC(=S)Nc1cc(C(F)(F)F)cc(C(F)(F)F)c1. The molecule has 0 aliphatic carbocycles. The number of halogens is 8. The molecule has 1 unspecified atom stereocenters. The third kappa shape index (κ3) is 7.15. The van der Waals surface area contributed by atoms with Crippen LogP contribution in [0.4, 0.5) is 32.0 Å². The summed E-state index contributed by atoms with van der Waals surface area (Å²) in [7, 11) is 0. The molecule has 0 aromatic heterocycles. The van der Waals surface area contributed by atoms with Gasteiger partial charge in [-0.05, 0) is 55.5 Å². The lowest BCUT2D eigenvalue weighted by Crippen LogP contribution is -2.42. The minimum absolute atomic E-state index is 0.0292. The average Bonchev–Trinajstić information content (AvgIpc) is 2.62. The van der Waals surface area contributed by atoms with Crippen molar-refractivity contribution in [3.05, 3.63) is 57.6 Å². The maximum absolute atomic E-state index is 12.9. The molecule has 2 rings (SSSR count). The number of benzene rings is 2. The van der Waals surface area contributed by atoms with Crippen LogP contribution in [0.15, 0.2) is 36.4 Å². The smallest absolute Gasteiger partial charge is 0.416 e. The predicted octanol–water partition coefficient (Wildman–Crippen LogP) is 6.31. The molecule has 0 heterocycles. The fraction of sp³-hybridized carbons (Fsp3) is 0.222. The van der Waals surface area contributed by atoms with Gasteiger partial charge in [0.05, 0.1) is 16.1 Å². The van der Waals surface area contributed by atoms with Crippen LogP contribution in [0.1, 0.15) is 18.1 Å². The molecule has 0 bridgehead atoms. The molecule has 1 atom stereocenters. The number of rotatable bonds is 4. The van der Waals surface area contributed by atoms with E-state index in [1.165, 1.54) is 25.1 Å². The number of ether oxygens (including phenoxy) is 1. The number of nitrogens with one attached hydrogen (secondary N) is 2. The Hall–Kier alpha value is -2.24. The third-order valence-electron chi connectivity index (χ3n) is 3.65. The minimum atomic E-state index is -5.03. The lowest BCUT2D eigenvalue weighted by Gasteiger charge is -2.18. The second-order valence-electron chi connectivity index (χ2n) is 6.07. The van der Waals surface area contributed by atoms with Gasteiger partial charge in [0.15, 0.2) is 11.2 Å². The summed E-state index contributed by atoms with van der Waals surface area (Å²) in [5.74, 6) is -0.702. The second kappa shape index (κ2) is 9.49. The van der Waals surface area contributed by atoms with Gasteiger partial charge in [0, 0.05) is 10.7 Å². The van der Waals surface area contributed by atoms with E-state index >= 15 is 0 Å². The van der Waals surface area contributed by atoms with Gasteiger partial charge in [0.25, 0.3) is 5.91 Å². The van der Waals surface area contributed by atoms with Gasteiger partial charge in [-0.1, -0.05) is 23.2 Å². The average molecular weight is 505 g/mol. The Bertz CT molecular complexity index is 966. The number of hydrogen-bond acceptors (Lipinski definition) is 3. The number of carbonyl (C=O) groups is 1. The number of amides is 1. The molecule has 0 spiro atoms. The molecule has 1 amide bonds. The quantitative estimate of drug-likeness (QED) is 0.378. The molecule has 31 heavy (non-hydrogen) atoms. The first-order chi connectivity index (χ1) is 14.2. The summed E-state index contributed by atoms with van der Waals surface area (Å²) in [5, 5.41) is 4.18. The Morgan fingerprint density at radius 3 is 2.03 bits per heavy atom. The van der Waals surface area contributed by atoms with Crippen LogP contribution in [-0.4, -0.2) is 17.1 Å². The number of alkyl halides is 6. The van der Waals surface area contributed by atoms with Crippen LogP contribution in [0.5, 0.6) is 5.75 Å². The van der Waals surface area contributed by atoms with Gasteiger partial charge in [0.1, 0.15) is 5.75 Å². The zero-order valence-electron chi connectivity index (χ0n) is 15.3. The van der Waals surface area contributed by atoms with Crippen molar-refractivity contribution in [2.75, 3.05) is 5.32 Å². The molecule has 2 aromatic rings. The molecule has 168 valence electrons. The van der Waals surface area contributed by atoms with Gasteiger partial charge in [-0.25, -0.2) is 0 Å². The van der Waals surface area contributed by atoms with Crippen LogP contribution in [-0.2, 0) is 17.1 Å². The van der Waals surface area contributed by atoms with E-state index in [2.05, 4.69) is 10.6 Å². The van der Waals surface area contributed by atoms with Crippen molar-refractivity contribution in [1.82, 2.24) is 5.32 Å². The summed E-state index contributed by atoms with van der Waals surface area (Å²) in [6, 6.07) is 5.08. The van der Waals surface area contributed by atoms with Gasteiger partial charge in [-0.3, -0.25) is 10.1 Å². The van der Waals surface area contributed by atoms with Crippen LogP contribution in [0.3, 0.4) is 0 Å². The fourth-order valence-corrected chi connectivity index (χ4v) is 2.89. The molecular weight excluding hydrogens is 493 g/mol. The molecule has 0 saturated heterocycles. The number of anilines is 1. The van der Waals surface area contributed by atoms with Crippen molar-refractivity contribution in [3.63, 3.8) is 0 Å². The first-order valence-electron chi connectivity index (χ1n) is 8.20. The van der Waals surface area contributed by atoms with Crippen molar-refractivity contribution < 1.29 is 35.9 Å². The van der Waals surface area contributed by atoms with Crippen LogP contribution in [0.25, 0.3) is 0 Å². The van der Waals surface area contributed by atoms with Gasteiger partial charge < -0.3 is 10.1 Å². The van der Waals surface area contributed by atoms with Crippen LogP contribution >= 0.6 is 35.4 Å². The molecule has 2 N–H and O–H groups in total. The fourth-order valence-electron chi connectivity index (χ4n) is 2.22. The summed E-state index contributed by atoms with van der Waals surface area (Å²) >= 11 is 16.5. The molecule has 13 heteroatoms. The molecule has 0 fully saturated rings. The first-order valence-corrected chi connectivity index (χ1v) is 9.36. The highest BCUT2D eigenvalue weighted by Gasteiger charge is 2.37. The standard InChI is InChI=1S/C18H12Cl2F6N2O2S/c1-8(30-14-3-2-11(19)7-13(14)20)15(29)28-16(31)27-12-5-9(17(21,22)23)4-10(6-12)18(24,25)26/h2-8H,1H3,(H2,27,28,29,31). The van der Waals surface area contributed by atoms with Crippen LogP contribution in [0.2, 0.25) is 10.0 Å². The van der Waals surface area contributed by atoms with Crippen LogP contribution < -0.4 is 15.4 Å². The predicted molar refractivity (Wildman–Crippen MR) is 107 cm³/mol. The Kier molecular flexibility index (Phi) is 7.66. The van der Waals surface area contributed by atoms with Crippen molar-refractivity contribution in [2.24, 2.45) is 0 Å². The second-order valence-corrected chi connectivity index (χ2v) is 7.32. The molecule has 0 saturated carbocycles. The highest BCUT2D eigenvalue weighted by atomic mass is 35.5. The number of thiocarbonyl (C=S) groups is 1. The molecule has 0 aliphatic rings. The van der Waals surface area contributed by atoms with E-state index in [-0.39, 0.29) is 16.8 Å². The monoisotopic (exact) mass is 504 g/mol. The van der Waals surface area contributed by atoms with E-state index in [1.54, 1.807) is 0 Å². The molecular formula is C18H12Cl2F6N2O2S. The lowest BCUT2D eigenvalue weighted by molar-refractivity contribution is -0.143. The van der Waals surface area contributed by atoms with Crippen molar-refractivity contribution in [1.29, 1.82) is 0 Å². The van der Waals surface area contributed by atoms with E-state index in [4.69, 9.17) is 40.2 Å². The Morgan fingerprint density at radius 2 is 1.55 bits per heavy atom. The summed E-state index contributed by atoms with van der Waals surface area (Å²) in [6.45, 7) is 1.33. The summed E-state index contributed by atoms with van der Waals surface area (Å²) < 4.78 is 82.9. The van der Waals surface area contributed by atoms with Crippen molar-refractivity contribution in [2.45, 2.75) is 25.4 Å². The zero-order chi connectivity index (χ0) is 23.6. The maximum atomic E-state index is 12.9. The summed E-state index contributed by atoms with van der Waals surface area (Å²) in [5.41, 5.74) is -3.68. The summed E-state index contributed by atoms with van der Waals surface area (Å²) in [6.07, 6.45) is -11.2. The van der Waals surface area contributed by atoms with Gasteiger partial charge in [0.2, 0.25) is 0 Å². The van der Waals surface area contributed by atoms with Crippen molar-refractivity contribution in [3.8, 4) is 5.75 Å². The zero-order valence-corrected chi connectivity index (χ0v) is 17.6. The molecule has 0 aliphatic heterocycles. The Labute approximate surface area is 187 Å². The minimum Gasteiger partial charge on any atom is -0.479 e.